The normalized spacial score (nSPS) is 13.6. The number of ether oxygens (including phenoxy) is 1. The van der Waals surface area contributed by atoms with Crippen LogP contribution >= 0.6 is 0 Å². The molecule has 0 unspecified atom stereocenters. The van der Waals surface area contributed by atoms with E-state index in [1.54, 1.807) is 30.0 Å². The van der Waals surface area contributed by atoms with Gasteiger partial charge in [0.15, 0.2) is 0 Å². The number of hydrogen-bond acceptors (Lipinski definition) is 4. The van der Waals surface area contributed by atoms with Crippen LogP contribution in [0.4, 0.5) is 25.8 Å². The third-order valence-corrected chi connectivity index (χ3v) is 5.44. The molecule has 0 spiro atoms. The lowest BCUT2D eigenvalue weighted by Gasteiger charge is -2.39. The summed E-state index contributed by atoms with van der Waals surface area (Å²) in [7, 11) is 1.53. The Morgan fingerprint density at radius 1 is 0.935 bits per heavy atom. The number of amides is 1. The Morgan fingerprint density at radius 2 is 1.61 bits per heavy atom. The van der Waals surface area contributed by atoms with E-state index in [9.17, 15) is 13.6 Å². The average Bonchev–Trinajstić information content (AvgIpc) is 2.74. The maximum Gasteiger partial charge on any atom is 0.261 e. The first-order valence-corrected chi connectivity index (χ1v) is 10.00. The fourth-order valence-electron chi connectivity index (χ4n) is 3.89. The van der Waals surface area contributed by atoms with Crippen LogP contribution < -0.4 is 14.5 Å². The molecule has 2 aromatic carbocycles. The summed E-state index contributed by atoms with van der Waals surface area (Å²) in [5.74, 6) is -0.564. The molecule has 2 heterocycles. The van der Waals surface area contributed by atoms with E-state index in [1.165, 1.54) is 37.4 Å². The molecule has 0 atom stereocenters. The minimum Gasteiger partial charge on any atom is -0.481 e. The Labute approximate surface area is 179 Å². The molecule has 31 heavy (non-hydrogen) atoms. The molecule has 5 nitrogen and oxygen atoms in total. The molecule has 4 rings (SSSR count). The van der Waals surface area contributed by atoms with E-state index in [1.807, 2.05) is 18.7 Å². The van der Waals surface area contributed by atoms with Crippen LogP contribution in [0.2, 0.25) is 0 Å². The molecule has 160 valence electrons. The minimum atomic E-state index is -0.444. The first kappa shape index (κ1) is 20.8. The van der Waals surface area contributed by atoms with Gasteiger partial charge >= 0.3 is 0 Å². The first-order chi connectivity index (χ1) is 14.8. The number of anilines is 3. The number of carbonyl (C=O) groups is 1. The smallest absolute Gasteiger partial charge is 0.261 e. The molecule has 0 aliphatic carbocycles. The monoisotopic (exact) mass is 423 g/mol. The van der Waals surface area contributed by atoms with Crippen LogP contribution in [0, 0.1) is 18.6 Å². The van der Waals surface area contributed by atoms with Gasteiger partial charge in [0.2, 0.25) is 5.88 Å². The van der Waals surface area contributed by atoms with Gasteiger partial charge in [-0.05, 0) is 60.9 Å². The quantitative estimate of drug-likeness (QED) is 0.552. The zero-order valence-electron chi connectivity index (χ0n) is 17.8. The van der Waals surface area contributed by atoms with Crippen LogP contribution in [0.3, 0.4) is 0 Å². The number of pyridine rings is 1. The van der Waals surface area contributed by atoms with E-state index in [2.05, 4.69) is 4.98 Å². The lowest BCUT2D eigenvalue weighted by Crippen LogP contribution is -2.45. The highest BCUT2D eigenvalue weighted by Gasteiger charge is 2.33. The molecule has 0 N–H and O–H groups in total. The van der Waals surface area contributed by atoms with Crippen molar-refractivity contribution in [1.29, 1.82) is 0 Å². The van der Waals surface area contributed by atoms with Gasteiger partial charge in [0.05, 0.1) is 29.7 Å². The highest BCUT2D eigenvalue weighted by atomic mass is 19.1. The topological polar surface area (TPSA) is 45.7 Å². The standard InChI is InChI=1S/C24H23F2N3O2/c1-14(2)19-11-16(25)6-8-21(19)28-13-29(20-9-10-23(31-4)27-15(20)3)24(30)18-7-5-17(26)12-22(18)28/h5-12,14H,13H2,1-4H3. The highest BCUT2D eigenvalue weighted by Crippen LogP contribution is 2.40. The fourth-order valence-corrected chi connectivity index (χ4v) is 3.89. The maximum atomic E-state index is 14.2. The van der Waals surface area contributed by atoms with Crippen molar-refractivity contribution < 1.29 is 18.3 Å². The van der Waals surface area contributed by atoms with E-state index in [0.29, 0.717) is 28.5 Å². The number of fused-ring (bicyclic) bond motifs is 1. The molecule has 3 aromatic rings. The Bertz CT molecular complexity index is 1160. The van der Waals surface area contributed by atoms with Gasteiger partial charge in [-0.1, -0.05) is 13.8 Å². The van der Waals surface area contributed by atoms with E-state index in [4.69, 9.17) is 4.74 Å². The number of nitrogens with zero attached hydrogens (tertiary/aromatic N) is 3. The lowest BCUT2D eigenvalue weighted by atomic mass is 9.98. The summed E-state index contributed by atoms with van der Waals surface area (Å²) in [6, 6.07) is 12.1. The zero-order chi connectivity index (χ0) is 22.3. The summed E-state index contributed by atoms with van der Waals surface area (Å²) >= 11 is 0. The van der Waals surface area contributed by atoms with Gasteiger partial charge in [-0.15, -0.1) is 0 Å². The second kappa shape index (κ2) is 7.98. The van der Waals surface area contributed by atoms with Gasteiger partial charge in [0.25, 0.3) is 5.91 Å². The number of aryl methyl sites for hydroxylation is 1. The van der Waals surface area contributed by atoms with Gasteiger partial charge in [-0.3, -0.25) is 9.69 Å². The van der Waals surface area contributed by atoms with Crippen LogP contribution in [-0.2, 0) is 0 Å². The molecular formula is C24H23F2N3O2. The minimum absolute atomic E-state index is 0.0261. The van der Waals surface area contributed by atoms with Gasteiger partial charge in [0, 0.05) is 11.8 Å². The number of methoxy groups -OCH3 is 1. The molecule has 0 radical (unpaired) electrons. The third kappa shape index (κ3) is 3.71. The van der Waals surface area contributed by atoms with Gasteiger partial charge < -0.3 is 9.64 Å². The summed E-state index contributed by atoms with van der Waals surface area (Å²) < 4.78 is 33.3. The molecule has 1 aromatic heterocycles. The number of aromatic nitrogens is 1. The van der Waals surface area contributed by atoms with Crippen molar-refractivity contribution in [3.8, 4) is 5.88 Å². The van der Waals surface area contributed by atoms with Crippen LogP contribution in [0.1, 0.15) is 41.4 Å². The second-order valence-electron chi connectivity index (χ2n) is 7.78. The summed E-state index contributed by atoms with van der Waals surface area (Å²) in [6.07, 6.45) is 0. The van der Waals surface area contributed by atoms with E-state index in [0.717, 1.165) is 11.3 Å². The predicted molar refractivity (Wildman–Crippen MR) is 116 cm³/mol. The van der Waals surface area contributed by atoms with Crippen molar-refractivity contribution in [1.82, 2.24) is 4.98 Å². The number of halogens is 2. The van der Waals surface area contributed by atoms with Crippen molar-refractivity contribution in [2.24, 2.45) is 0 Å². The first-order valence-electron chi connectivity index (χ1n) is 10.00. The summed E-state index contributed by atoms with van der Waals surface area (Å²) in [5, 5.41) is 0. The SMILES string of the molecule is COc1ccc(N2CN(c3ccc(F)cc3C(C)C)c3cc(F)ccc3C2=O)c(C)n1. The van der Waals surface area contributed by atoms with Crippen molar-refractivity contribution >= 4 is 23.0 Å². The number of rotatable bonds is 4. The number of carbonyl (C=O) groups excluding carboxylic acids is 1. The molecule has 7 heteroatoms. The molecule has 0 saturated heterocycles. The summed E-state index contributed by atoms with van der Waals surface area (Å²) in [5.41, 5.74) is 3.56. The lowest BCUT2D eigenvalue weighted by molar-refractivity contribution is 0.0983. The fraction of sp³-hybridized carbons (Fsp3) is 0.250. The van der Waals surface area contributed by atoms with E-state index >= 15 is 0 Å². The van der Waals surface area contributed by atoms with Crippen LogP contribution in [-0.4, -0.2) is 24.7 Å². The Morgan fingerprint density at radius 3 is 2.29 bits per heavy atom. The van der Waals surface area contributed by atoms with Crippen LogP contribution in [0.5, 0.6) is 5.88 Å². The van der Waals surface area contributed by atoms with E-state index in [-0.39, 0.29) is 24.3 Å². The van der Waals surface area contributed by atoms with Crippen molar-refractivity contribution in [2.75, 3.05) is 23.6 Å². The molecule has 0 saturated carbocycles. The Balaban J connectivity index is 1.89. The summed E-state index contributed by atoms with van der Waals surface area (Å²) in [4.78, 5) is 21.2. The van der Waals surface area contributed by atoms with Crippen molar-refractivity contribution in [2.45, 2.75) is 26.7 Å². The molecular weight excluding hydrogens is 400 g/mol. The third-order valence-electron chi connectivity index (χ3n) is 5.44. The predicted octanol–water partition coefficient (Wildman–Crippen LogP) is 5.56. The van der Waals surface area contributed by atoms with Gasteiger partial charge in [-0.25, -0.2) is 13.8 Å². The van der Waals surface area contributed by atoms with Crippen LogP contribution in [0.15, 0.2) is 48.5 Å². The number of benzene rings is 2. The summed E-state index contributed by atoms with van der Waals surface area (Å²) in [6.45, 7) is 5.87. The Hall–Kier alpha value is -3.48. The molecule has 0 bridgehead atoms. The van der Waals surface area contributed by atoms with Crippen molar-refractivity contribution in [3.05, 3.63) is 77.0 Å². The molecule has 1 aliphatic rings. The zero-order valence-corrected chi connectivity index (χ0v) is 17.8. The largest absolute Gasteiger partial charge is 0.481 e. The average molecular weight is 423 g/mol. The molecule has 1 amide bonds. The maximum absolute atomic E-state index is 14.2. The van der Waals surface area contributed by atoms with Gasteiger partial charge in [-0.2, -0.15) is 0 Å². The highest BCUT2D eigenvalue weighted by molar-refractivity contribution is 6.12. The molecule has 0 fully saturated rings. The van der Waals surface area contributed by atoms with Crippen LogP contribution in [0.25, 0.3) is 0 Å². The second-order valence-corrected chi connectivity index (χ2v) is 7.78. The molecule has 1 aliphatic heterocycles. The van der Waals surface area contributed by atoms with E-state index < -0.39 is 5.82 Å². The van der Waals surface area contributed by atoms with Gasteiger partial charge in [0.1, 0.15) is 18.3 Å². The Kier molecular flexibility index (Phi) is 5.35. The number of hydrogen-bond donors (Lipinski definition) is 0. The van der Waals surface area contributed by atoms with Crippen molar-refractivity contribution in [3.63, 3.8) is 0 Å².